The fraction of sp³-hybridized carbons (Fsp3) is 0.421. The molecule has 0 atom stereocenters. The molecule has 0 bridgehead atoms. The fourth-order valence-electron chi connectivity index (χ4n) is 3.46. The molecule has 5 nitrogen and oxygen atoms in total. The summed E-state index contributed by atoms with van der Waals surface area (Å²) in [5.74, 6) is 0.0177. The summed E-state index contributed by atoms with van der Waals surface area (Å²) >= 11 is 0. The van der Waals surface area contributed by atoms with E-state index in [0.29, 0.717) is 11.6 Å². The topological polar surface area (TPSA) is 55.2 Å². The zero-order valence-corrected chi connectivity index (χ0v) is 13.6. The number of allylic oxidation sites excluding steroid dienone is 2. The number of hydrogen-bond acceptors (Lipinski definition) is 3. The molecule has 5 heteroatoms. The maximum atomic E-state index is 13.0. The predicted molar refractivity (Wildman–Crippen MR) is 92.4 cm³/mol. The molecule has 1 aromatic carbocycles. The third-order valence-electron chi connectivity index (χ3n) is 4.80. The summed E-state index contributed by atoms with van der Waals surface area (Å²) in [4.78, 5) is 31.4. The highest BCUT2D eigenvalue weighted by atomic mass is 16.2. The predicted octanol–water partition coefficient (Wildman–Crippen LogP) is 2.85. The number of amides is 1. The van der Waals surface area contributed by atoms with Crippen molar-refractivity contribution in [1.29, 1.82) is 0 Å². The third-order valence-corrected chi connectivity index (χ3v) is 4.80. The van der Waals surface area contributed by atoms with Crippen LogP contribution in [0.1, 0.15) is 38.5 Å². The number of rotatable bonds is 4. The van der Waals surface area contributed by atoms with Crippen molar-refractivity contribution in [2.75, 3.05) is 0 Å². The standard InChI is InChI=1S/C19H21N3O2/c23-18-12-20-16-8-4-5-9-17(16)21(18)13-19(24)22(15-10-11-15)14-6-2-1-3-7-14/h4-6,8-9,12,15H,1-3,7,10-11,13H2. The Hall–Kier alpha value is -2.43. The zero-order chi connectivity index (χ0) is 16.5. The lowest BCUT2D eigenvalue weighted by Crippen LogP contribution is -2.38. The molecule has 124 valence electrons. The van der Waals surface area contributed by atoms with Gasteiger partial charge in [-0.15, -0.1) is 0 Å². The van der Waals surface area contributed by atoms with E-state index in [1.807, 2.05) is 29.2 Å². The summed E-state index contributed by atoms with van der Waals surface area (Å²) in [6.07, 6.45) is 9.98. The van der Waals surface area contributed by atoms with Crippen LogP contribution in [0.4, 0.5) is 0 Å². The van der Waals surface area contributed by atoms with Gasteiger partial charge in [-0.1, -0.05) is 18.2 Å². The summed E-state index contributed by atoms with van der Waals surface area (Å²) in [5.41, 5.74) is 2.38. The molecule has 2 aliphatic carbocycles. The van der Waals surface area contributed by atoms with Gasteiger partial charge in [0, 0.05) is 11.7 Å². The van der Waals surface area contributed by atoms with Gasteiger partial charge in [-0.05, 0) is 50.7 Å². The minimum Gasteiger partial charge on any atom is -0.312 e. The molecule has 0 radical (unpaired) electrons. The largest absolute Gasteiger partial charge is 0.312 e. The summed E-state index contributed by atoms with van der Waals surface area (Å²) in [6, 6.07) is 7.78. The smallest absolute Gasteiger partial charge is 0.269 e. The molecule has 0 saturated heterocycles. The molecule has 0 unspecified atom stereocenters. The average Bonchev–Trinajstić information content (AvgIpc) is 3.43. The van der Waals surface area contributed by atoms with Gasteiger partial charge >= 0.3 is 0 Å². The highest BCUT2D eigenvalue weighted by molar-refractivity contribution is 5.81. The minimum atomic E-state index is -0.226. The van der Waals surface area contributed by atoms with Gasteiger partial charge in [0.05, 0.1) is 17.2 Å². The van der Waals surface area contributed by atoms with E-state index in [4.69, 9.17) is 0 Å². The van der Waals surface area contributed by atoms with Gasteiger partial charge in [-0.25, -0.2) is 4.98 Å². The first-order valence-electron chi connectivity index (χ1n) is 8.70. The second-order valence-corrected chi connectivity index (χ2v) is 6.61. The number of hydrogen-bond donors (Lipinski definition) is 0. The molecule has 1 amide bonds. The van der Waals surface area contributed by atoms with Crippen molar-refractivity contribution < 1.29 is 4.79 Å². The molecule has 1 fully saturated rings. The summed E-state index contributed by atoms with van der Waals surface area (Å²) < 4.78 is 1.55. The van der Waals surface area contributed by atoms with Gasteiger partial charge in [0.2, 0.25) is 5.91 Å². The number of aromatic nitrogens is 2. The van der Waals surface area contributed by atoms with Crippen LogP contribution in [-0.4, -0.2) is 26.4 Å². The van der Waals surface area contributed by atoms with Gasteiger partial charge in [-0.3, -0.25) is 14.2 Å². The van der Waals surface area contributed by atoms with Crippen molar-refractivity contribution in [3.8, 4) is 0 Å². The number of carbonyl (C=O) groups excluding carboxylic acids is 1. The first kappa shape index (κ1) is 15.1. The van der Waals surface area contributed by atoms with Crippen LogP contribution in [0.15, 0.2) is 47.0 Å². The van der Waals surface area contributed by atoms with Crippen LogP contribution < -0.4 is 5.56 Å². The van der Waals surface area contributed by atoms with E-state index >= 15 is 0 Å². The molecule has 2 aliphatic rings. The molecule has 1 saturated carbocycles. The van der Waals surface area contributed by atoms with Gasteiger partial charge in [-0.2, -0.15) is 0 Å². The molecular formula is C19H21N3O2. The first-order valence-corrected chi connectivity index (χ1v) is 8.70. The van der Waals surface area contributed by atoms with Crippen LogP contribution in [-0.2, 0) is 11.3 Å². The molecule has 24 heavy (non-hydrogen) atoms. The van der Waals surface area contributed by atoms with E-state index in [9.17, 15) is 9.59 Å². The summed E-state index contributed by atoms with van der Waals surface area (Å²) in [5, 5.41) is 0. The van der Waals surface area contributed by atoms with E-state index in [-0.39, 0.29) is 18.0 Å². The van der Waals surface area contributed by atoms with Crippen LogP contribution in [0.2, 0.25) is 0 Å². The molecule has 4 rings (SSSR count). The molecular weight excluding hydrogens is 302 g/mol. The van der Waals surface area contributed by atoms with Crippen molar-refractivity contribution in [3.63, 3.8) is 0 Å². The van der Waals surface area contributed by atoms with Crippen molar-refractivity contribution >= 4 is 16.9 Å². The quantitative estimate of drug-likeness (QED) is 0.869. The van der Waals surface area contributed by atoms with E-state index in [1.54, 1.807) is 4.57 Å². The zero-order valence-electron chi connectivity index (χ0n) is 13.6. The summed E-state index contributed by atoms with van der Waals surface area (Å²) in [6.45, 7) is 0.0791. The molecule has 1 heterocycles. The number of para-hydroxylation sites is 2. The fourth-order valence-corrected chi connectivity index (χ4v) is 3.46. The SMILES string of the molecule is O=C(Cn1c(=O)cnc2ccccc21)N(C1=CCCCC1)C1CC1. The Labute approximate surface area is 140 Å². The van der Waals surface area contributed by atoms with Crippen LogP contribution in [0, 0.1) is 0 Å². The lowest BCUT2D eigenvalue weighted by Gasteiger charge is -2.28. The monoisotopic (exact) mass is 323 g/mol. The van der Waals surface area contributed by atoms with Crippen molar-refractivity contribution in [2.45, 2.75) is 51.1 Å². The molecule has 2 aromatic rings. The molecule has 1 aromatic heterocycles. The van der Waals surface area contributed by atoms with Crippen LogP contribution >= 0.6 is 0 Å². The van der Waals surface area contributed by atoms with Crippen LogP contribution in [0.3, 0.4) is 0 Å². The van der Waals surface area contributed by atoms with Crippen LogP contribution in [0.5, 0.6) is 0 Å². The first-order chi connectivity index (χ1) is 11.7. The van der Waals surface area contributed by atoms with Crippen molar-refractivity contribution in [3.05, 3.63) is 52.6 Å². The Morgan fingerprint density at radius 3 is 2.83 bits per heavy atom. The van der Waals surface area contributed by atoms with Crippen molar-refractivity contribution in [1.82, 2.24) is 14.5 Å². The Bertz CT molecular complexity index is 864. The van der Waals surface area contributed by atoms with E-state index in [1.165, 1.54) is 12.6 Å². The number of benzene rings is 1. The highest BCUT2D eigenvalue weighted by Gasteiger charge is 2.35. The third kappa shape index (κ3) is 2.86. The Morgan fingerprint density at radius 1 is 1.25 bits per heavy atom. The maximum absolute atomic E-state index is 13.0. The number of fused-ring (bicyclic) bond motifs is 1. The summed E-state index contributed by atoms with van der Waals surface area (Å²) in [7, 11) is 0. The Balaban J connectivity index is 1.67. The van der Waals surface area contributed by atoms with E-state index in [0.717, 1.165) is 43.3 Å². The van der Waals surface area contributed by atoms with Gasteiger partial charge in [0.15, 0.2) is 0 Å². The highest BCUT2D eigenvalue weighted by Crippen LogP contribution is 2.34. The molecule has 0 aliphatic heterocycles. The Kier molecular flexibility index (Phi) is 3.92. The van der Waals surface area contributed by atoms with Crippen molar-refractivity contribution in [2.24, 2.45) is 0 Å². The minimum absolute atomic E-state index is 0.0177. The number of carbonyl (C=O) groups is 1. The van der Waals surface area contributed by atoms with Gasteiger partial charge in [0.25, 0.3) is 5.56 Å². The average molecular weight is 323 g/mol. The second kappa shape index (κ2) is 6.23. The maximum Gasteiger partial charge on any atom is 0.269 e. The number of nitrogens with zero attached hydrogens (tertiary/aromatic N) is 3. The second-order valence-electron chi connectivity index (χ2n) is 6.61. The van der Waals surface area contributed by atoms with Gasteiger partial charge in [0.1, 0.15) is 6.54 Å². The molecule has 0 spiro atoms. The lowest BCUT2D eigenvalue weighted by atomic mass is 10.0. The van der Waals surface area contributed by atoms with E-state index < -0.39 is 0 Å². The molecule has 0 N–H and O–H groups in total. The van der Waals surface area contributed by atoms with Crippen LogP contribution in [0.25, 0.3) is 11.0 Å². The van der Waals surface area contributed by atoms with Gasteiger partial charge < -0.3 is 4.90 Å². The Morgan fingerprint density at radius 2 is 2.08 bits per heavy atom. The lowest BCUT2D eigenvalue weighted by molar-refractivity contribution is -0.130. The normalized spacial score (nSPS) is 17.6. The van der Waals surface area contributed by atoms with E-state index in [2.05, 4.69) is 11.1 Å².